The number of hydrogen-bond acceptors (Lipinski definition) is 3. The lowest BCUT2D eigenvalue weighted by Crippen LogP contribution is -2.28. The van der Waals surface area contributed by atoms with Crippen LogP contribution in [0.25, 0.3) is 0 Å². The largest absolute Gasteiger partial charge is 0.352 e. The van der Waals surface area contributed by atoms with Crippen LogP contribution in [0.1, 0.15) is 17.9 Å². The summed E-state index contributed by atoms with van der Waals surface area (Å²) in [4.78, 5) is 16.9. The number of benzene rings is 1. The second kappa shape index (κ2) is 6.09. The summed E-state index contributed by atoms with van der Waals surface area (Å²) in [5.41, 5.74) is 1.32. The Morgan fingerprint density at radius 3 is 2.70 bits per heavy atom. The number of hydrogen-bond donors (Lipinski definition) is 1. The van der Waals surface area contributed by atoms with Gasteiger partial charge in [0.05, 0.1) is 5.75 Å². The summed E-state index contributed by atoms with van der Waals surface area (Å²) in [6.45, 7) is 0. The lowest BCUT2D eigenvalue weighted by atomic mass is 10.1. The van der Waals surface area contributed by atoms with Gasteiger partial charge in [0.25, 0.3) is 0 Å². The van der Waals surface area contributed by atoms with E-state index in [1.165, 1.54) is 5.56 Å². The maximum atomic E-state index is 11.9. The molecule has 0 saturated heterocycles. The van der Waals surface area contributed by atoms with E-state index in [0.717, 1.165) is 11.3 Å². The number of nitrogens with one attached hydrogen (secondary N) is 1. The molecule has 1 aliphatic rings. The molecule has 2 aromatic rings. The van der Waals surface area contributed by atoms with E-state index >= 15 is 0 Å². The van der Waals surface area contributed by atoms with E-state index in [-0.39, 0.29) is 5.91 Å². The van der Waals surface area contributed by atoms with E-state index in [1.54, 1.807) is 24.2 Å². The molecule has 2 unspecified atom stereocenters. The third kappa shape index (κ3) is 3.39. The summed E-state index contributed by atoms with van der Waals surface area (Å²) in [5, 5.41) is 3.10. The molecule has 20 heavy (non-hydrogen) atoms. The van der Waals surface area contributed by atoms with Crippen LogP contribution < -0.4 is 5.32 Å². The van der Waals surface area contributed by atoms with Crippen molar-refractivity contribution in [2.75, 3.05) is 5.75 Å². The van der Waals surface area contributed by atoms with Crippen molar-refractivity contribution in [1.82, 2.24) is 10.3 Å². The normalized spacial score (nSPS) is 20.4. The van der Waals surface area contributed by atoms with Crippen LogP contribution in [0.15, 0.2) is 59.8 Å². The van der Waals surface area contributed by atoms with E-state index in [1.807, 2.05) is 30.3 Å². The Labute approximate surface area is 122 Å². The summed E-state index contributed by atoms with van der Waals surface area (Å²) in [6, 6.07) is 14.5. The number of pyridine rings is 1. The van der Waals surface area contributed by atoms with Gasteiger partial charge in [-0.25, -0.2) is 0 Å². The van der Waals surface area contributed by atoms with Gasteiger partial charge in [0.2, 0.25) is 5.91 Å². The minimum absolute atomic E-state index is 0.107. The van der Waals surface area contributed by atoms with E-state index in [9.17, 15) is 4.79 Å². The van der Waals surface area contributed by atoms with Gasteiger partial charge in [0, 0.05) is 29.2 Å². The average Bonchev–Trinajstić information content (AvgIpc) is 3.26. The molecule has 3 nitrogen and oxygen atoms in total. The van der Waals surface area contributed by atoms with Crippen molar-refractivity contribution in [3.63, 3.8) is 0 Å². The first-order valence-corrected chi connectivity index (χ1v) is 7.68. The molecule has 1 aromatic heterocycles. The number of aromatic nitrogens is 1. The van der Waals surface area contributed by atoms with Crippen molar-refractivity contribution in [1.29, 1.82) is 0 Å². The average molecular weight is 284 g/mol. The van der Waals surface area contributed by atoms with Gasteiger partial charge in [-0.1, -0.05) is 30.3 Å². The molecule has 102 valence electrons. The quantitative estimate of drug-likeness (QED) is 0.858. The van der Waals surface area contributed by atoms with Crippen LogP contribution in [0.5, 0.6) is 0 Å². The molecule has 1 heterocycles. The van der Waals surface area contributed by atoms with Crippen LogP contribution in [0.3, 0.4) is 0 Å². The zero-order valence-electron chi connectivity index (χ0n) is 11.0. The summed E-state index contributed by atoms with van der Waals surface area (Å²) in [7, 11) is 0. The van der Waals surface area contributed by atoms with Gasteiger partial charge >= 0.3 is 0 Å². The van der Waals surface area contributed by atoms with Gasteiger partial charge in [0.1, 0.15) is 0 Å². The Bertz CT molecular complexity index is 574. The monoisotopic (exact) mass is 284 g/mol. The van der Waals surface area contributed by atoms with Crippen molar-refractivity contribution in [2.24, 2.45) is 0 Å². The molecule has 1 amide bonds. The van der Waals surface area contributed by atoms with Crippen LogP contribution in [0.2, 0.25) is 0 Å². The third-order valence-electron chi connectivity index (χ3n) is 3.38. The third-order valence-corrected chi connectivity index (χ3v) is 4.40. The number of thioether (sulfide) groups is 1. The van der Waals surface area contributed by atoms with E-state index in [0.29, 0.717) is 17.7 Å². The zero-order valence-corrected chi connectivity index (χ0v) is 11.8. The van der Waals surface area contributed by atoms with Gasteiger partial charge in [-0.05, 0) is 24.1 Å². The van der Waals surface area contributed by atoms with Gasteiger partial charge in [0.15, 0.2) is 0 Å². The fraction of sp³-hybridized carbons (Fsp3) is 0.250. The molecule has 0 radical (unpaired) electrons. The smallest absolute Gasteiger partial charge is 0.230 e. The maximum Gasteiger partial charge on any atom is 0.230 e. The Kier molecular flexibility index (Phi) is 4.02. The van der Waals surface area contributed by atoms with E-state index < -0.39 is 0 Å². The Morgan fingerprint density at radius 2 is 1.95 bits per heavy atom. The predicted molar refractivity (Wildman–Crippen MR) is 80.7 cm³/mol. The standard InChI is InChI=1S/C16H16N2OS/c19-16(11-20-13-6-8-17-9-7-13)18-15-10-14(15)12-4-2-1-3-5-12/h1-9,14-15H,10-11H2,(H,18,19). The molecular weight excluding hydrogens is 268 g/mol. The van der Waals surface area contributed by atoms with Gasteiger partial charge in [-0.2, -0.15) is 0 Å². The molecule has 3 rings (SSSR count). The van der Waals surface area contributed by atoms with Crippen molar-refractivity contribution >= 4 is 17.7 Å². The molecule has 0 aliphatic heterocycles. The van der Waals surface area contributed by atoms with Gasteiger partial charge < -0.3 is 5.32 Å². The Morgan fingerprint density at radius 1 is 1.20 bits per heavy atom. The van der Waals surface area contributed by atoms with Crippen molar-refractivity contribution in [2.45, 2.75) is 23.3 Å². The zero-order chi connectivity index (χ0) is 13.8. The fourth-order valence-electron chi connectivity index (χ4n) is 2.25. The molecular formula is C16H16N2OS. The summed E-state index contributed by atoms with van der Waals surface area (Å²) >= 11 is 1.54. The lowest BCUT2D eigenvalue weighted by Gasteiger charge is -2.05. The summed E-state index contributed by atoms with van der Waals surface area (Å²) in [5.74, 6) is 1.06. The minimum atomic E-state index is 0.107. The Balaban J connectivity index is 1.45. The summed E-state index contributed by atoms with van der Waals surface area (Å²) in [6.07, 6.45) is 4.54. The molecule has 1 aliphatic carbocycles. The predicted octanol–water partition coefficient (Wildman–Crippen LogP) is 2.85. The first-order chi connectivity index (χ1) is 9.83. The SMILES string of the molecule is O=C(CSc1ccncc1)NC1CC1c1ccccc1. The highest BCUT2D eigenvalue weighted by Gasteiger charge is 2.39. The number of carbonyl (C=O) groups excluding carboxylic acids is 1. The number of amides is 1. The van der Waals surface area contributed by atoms with Crippen LogP contribution in [-0.2, 0) is 4.79 Å². The fourth-order valence-corrected chi connectivity index (χ4v) is 2.95. The topological polar surface area (TPSA) is 42.0 Å². The number of nitrogens with zero attached hydrogens (tertiary/aromatic N) is 1. The van der Waals surface area contributed by atoms with Crippen molar-refractivity contribution in [3.8, 4) is 0 Å². The highest BCUT2D eigenvalue weighted by atomic mass is 32.2. The second-order valence-corrected chi connectivity index (χ2v) is 5.95. The molecule has 1 aromatic carbocycles. The van der Waals surface area contributed by atoms with Crippen molar-refractivity contribution in [3.05, 3.63) is 60.4 Å². The van der Waals surface area contributed by atoms with Gasteiger partial charge in [-0.15, -0.1) is 11.8 Å². The molecule has 2 atom stereocenters. The van der Waals surface area contributed by atoms with E-state index in [2.05, 4.69) is 22.4 Å². The minimum Gasteiger partial charge on any atom is -0.352 e. The van der Waals surface area contributed by atoms with Crippen LogP contribution in [-0.4, -0.2) is 22.7 Å². The van der Waals surface area contributed by atoms with E-state index in [4.69, 9.17) is 0 Å². The molecule has 0 spiro atoms. The molecule has 4 heteroatoms. The highest BCUT2D eigenvalue weighted by Crippen LogP contribution is 2.40. The highest BCUT2D eigenvalue weighted by molar-refractivity contribution is 8.00. The van der Waals surface area contributed by atoms with Crippen LogP contribution in [0.4, 0.5) is 0 Å². The van der Waals surface area contributed by atoms with Crippen LogP contribution >= 0.6 is 11.8 Å². The Hall–Kier alpha value is -1.81. The molecule has 0 bridgehead atoms. The van der Waals surface area contributed by atoms with Crippen LogP contribution in [0, 0.1) is 0 Å². The molecule has 1 saturated carbocycles. The maximum absolute atomic E-state index is 11.9. The van der Waals surface area contributed by atoms with Crippen molar-refractivity contribution < 1.29 is 4.79 Å². The first-order valence-electron chi connectivity index (χ1n) is 6.70. The molecule has 1 N–H and O–H groups in total. The lowest BCUT2D eigenvalue weighted by molar-refractivity contribution is -0.118. The summed E-state index contributed by atoms with van der Waals surface area (Å²) < 4.78 is 0. The molecule has 1 fully saturated rings. The first kappa shape index (κ1) is 13.2. The van der Waals surface area contributed by atoms with Gasteiger partial charge in [-0.3, -0.25) is 9.78 Å². The number of rotatable bonds is 5. The number of carbonyl (C=O) groups is 1. The second-order valence-electron chi connectivity index (χ2n) is 4.90.